The van der Waals surface area contributed by atoms with Gasteiger partial charge in [0.1, 0.15) is 12.2 Å². The molecule has 0 N–H and O–H groups in total. The first-order valence-corrected chi connectivity index (χ1v) is 8.49. The molecule has 2 aliphatic heterocycles. The molecule has 7 unspecified atom stereocenters. The number of ether oxygens (including phenoxy) is 4. The van der Waals surface area contributed by atoms with Gasteiger partial charge in [0.2, 0.25) is 0 Å². The molecular weight excluding hydrogens is 324 g/mol. The summed E-state index contributed by atoms with van der Waals surface area (Å²) >= 11 is 6.55. The molecule has 2 saturated carbocycles. The number of alkyl halides is 1. The van der Waals surface area contributed by atoms with Crippen LogP contribution in [-0.2, 0) is 28.5 Å². The Kier molecular flexibility index (Phi) is 3.63. The van der Waals surface area contributed by atoms with Gasteiger partial charge in [-0.05, 0) is 0 Å². The predicted molar refractivity (Wildman–Crippen MR) is 79.4 cm³/mol. The summed E-state index contributed by atoms with van der Waals surface area (Å²) in [5, 5.41) is -0.429. The van der Waals surface area contributed by atoms with Crippen LogP contribution in [0.5, 0.6) is 0 Å². The first-order chi connectivity index (χ1) is 11.0. The van der Waals surface area contributed by atoms with Crippen LogP contribution in [0.15, 0.2) is 0 Å². The predicted octanol–water partition coefficient (Wildman–Crippen LogP) is 0.727. The van der Waals surface area contributed by atoms with Gasteiger partial charge in [0.25, 0.3) is 0 Å². The van der Waals surface area contributed by atoms with Crippen LogP contribution in [0.4, 0.5) is 0 Å². The highest BCUT2D eigenvalue weighted by Crippen LogP contribution is 2.55. The first-order valence-electron chi connectivity index (χ1n) is 8.05. The third-order valence-electron chi connectivity index (χ3n) is 5.98. The third kappa shape index (κ3) is 1.96. The van der Waals surface area contributed by atoms with Crippen LogP contribution in [0.1, 0.15) is 19.8 Å². The Balaban J connectivity index is 1.71. The summed E-state index contributed by atoms with van der Waals surface area (Å²) in [4.78, 5) is 25.2. The molecule has 0 amide bonds. The fraction of sp³-hybridized carbons (Fsp3) is 0.875. The average molecular weight is 345 g/mol. The number of epoxide rings is 1. The van der Waals surface area contributed by atoms with Crippen LogP contribution in [-0.4, -0.2) is 67.3 Å². The van der Waals surface area contributed by atoms with E-state index in [9.17, 15) is 9.59 Å². The number of halogens is 1. The van der Waals surface area contributed by atoms with Crippen molar-refractivity contribution in [2.45, 2.75) is 61.3 Å². The number of carbonyl (C=O) groups is 2. The topological polar surface area (TPSA) is 74.4 Å². The molecule has 7 heteroatoms. The smallest absolute Gasteiger partial charge is 0.176 e. The second-order valence-electron chi connectivity index (χ2n) is 7.04. The van der Waals surface area contributed by atoms with Gasteiger partial charge in [-0.15, -0.1) is 11.6 Å². The van der Waals surface area contributed by atoms with E-state index in [1.165, 1.54) is 0 Å². The molecule has 2 heterocycles. The SMILES string of the molecule is COC1CC(OC)C2C(=O)[C@@]3(OC2C1Cl)C1OC1C(=O)C[C@H]3C. The van der Waals surface area contributed by atoms with E-state index < -0.39 is 35.2 Å². The van der Waals surface area contributed by atoms with Gasteiger partial charge in [-0.1, -0.05) is 6.92 Å². The normalized spacial score (nSPS) is 55.0. The number of rotatable bonds is 2. The summed E-state index contributed by atoms with van der Waals surface area (Å²) in [5.74, 6) is -0.629. The quantitative estimate of drug-likeness (QED) is 0.543. The number of fused-ring (bicyclic) bond motifs is 3. The van der Waals surface area contributed by atoms with E-state index >= 15 is 0 Å². The van der Waals surface area contributed by atoms with Crippen molar-refractivity contribution in [1.82, 2.24) is 0 Å². The number of carbonyl (C=O) groups excluding carboxylic acids is 2. The van der Waals surface area contributed by atoms with E-state index in [1.54, 1.807) is 14.2 Å². The zero-order chi connectivity index (χ0) is 16.5. The van der Waals surface area contributed by atoms with Crippen molar-refractivity contribution in [1.29, 1.82) is 0 Å². The molecule has 0 aromatic heterocycles. The highest BCUT2D eigenvalue weighted by molar-refractivity contribution is 6.22. The molecule has 128 valence electrons. The zero-order valence-electron chi connectivity index (χ0n) is 13.4. The van der Waals surface area contributed by atoms with Gasteiger partial charge in [-0.25, -0.2) is 0 Å². The molecular formula is C16H21ClO6. The van der Waals surface area contributed by atoms with Crippen LogP contribution in [0, 0.1) is 11.8 Å². The highest BCUT2D eigenvalue weighted by Gasteiger charge is 2.74. The average Bonchev–Trinajstić information content (AvgIpc) is 3.28. The highest BCUT2D eigenvalue weighted by atomic mass is 35.5. The molecule has 4 fully saturated rings. The van der Waals surface area contributed by atoms with E-state index in [1.807, 2.05) is 6.92 Å². The van der Waals surface area contributed by atoms with E-state index in [2.05, 4.69) is 0 Å². The molecule has 6 nitrogen and oxygen atoms in total. The lowest BCUT2D eigenvalue weighted by atomic mass is 9.69. The molecule has 0 aromatic rings. The van der Waals surface area contributed by atoms with Crippen LogP contribution in [0.25, 0.3) is 0 Å². The van der Waals surface area contributed by atoms with Crippen molar-refractivity contribution in [2.75, 3.05) is 14.2 Å². The van der Waals surface area contributed by atoms with Crippen LogP contribution >= 0.6 is 11.6 Å². The Labute approximate surface area is 139 Å². The Morgan fingerprint density at radius 2 is 1.91 bits per heavy atom. The lowest BCUT2D eigenvalue weighted by Crippen LogP contribution is -2.54. The lowest BCUT2D eigenvalue weighted by molar-refractivity contribution is -0.150. The van der Waals surface area contributed by atoms with Gasteiger partial charge in [-0.3, -0.25) is 9.59 Å². The van der Waals surface area contributed by atoms with E-state index in [0.29, 0.717) is 12.8 Å². The molecule has 23 heavy (non-hydrogen) atoms. The van der Waals surface area contributed by atoms with Gasteiger partial charge >= 0.3 is 0 Å². The van der Waals surface area contributed by atoms with E-state index in [4.69, 9.17) is 30.5 Å². The Bertz CT molecular complexity index is 549. The monoisotopic (exact) mass is 344 g/mol. The molecule has 2 aliphatic carbocycles. The molecule has 0 aromatic carbocycles. The molecule has 2 saturated heterocycles. The van der Waals surface area contributed by atoms with Crippen LogP contribution in [0.2, 0.25) is 0 Å². The van der Waals surface area contributed by atoms with Crippen molar-refractivity contribution in [3.05, 3.63) is 0 Å². The Hall–Kier alpha value is -0.530. The zero-order valence-corrected chi connectivity index (χ0v) is 14.1. The number of Topliss-reactive ketones (excluding diaryl/α,β-unsaturated/α-hetero) is 2. The van der Waals surface area contributed by atoms with Gasteiger partial charge in [0.15, 0.2) is 17.2 Å². The fourth-order valence-corrected chi connectivity index (χ4v) is 5.11. The van der Waals surface area contributed by atoms with Crippen molar-refractivity contribution in [3.8, 4) is 0 Å². The summed E-state index contributed by atoms with van der Waals surface area (Å²) in [6.45, 7) is 1.88. The second kappa shape index (κ2) is 5.23. The maximum Gasteiger partial charge on any atom is 0.176 e. The number of methoxy groups -OCH3 is 2. The molecule has 0 bridgehead atoms. The maximum absolute atomic E-state index is 13.3. The minimum atomic E-state index is -1.07. The minimum absolute atomic E-state index is 0.0259. The molecule has 9 atom stereocenters. The van der Waals surface area contributed by atoms with Gasteiger partial charge in [0.05, 0.1) is 29.6 Å². The molecule has 0 radical (unpaired) electrons. The van der Waals surface area contributed by atoms with Crippen molar-refractivity contribution >= 4 is 23.2 Å². The van der Waals surface area contributed by atoms with Crippen LogP contribution < -0.4 is 0 Å². The summed E-state index contributed by atoms with van der Waals surface area (Å²) in [6, 6.07) is 0. The van der Waals surface area contributed by atoms with Gasteiger partial charge in [-0.2, -0.15) is 0 Å². The van der Waals surface area contributed by atoms with Crippen molar-refractivity contribution in [2.24, 2.45) is 11.8 Å². The summed E-state index contributed by atoms with van der Waals surface area (Å²) in [7, 11) is 3.19. The van der Waals surface area contributed by atoms with Gasteiger partial charge < -0.3 is 18.9 Å². The largest absolute Gasteiger partial charge is 0.380 e. The lowest BCUT2D eigenvalue weighted by Gasteiger charge is -2.38. The Morgan fingerprint density at radius 3 is 2.57 bits per heavy atom. The third-order valence-corrected chi connectivity index (χ3v) is 6.51. The van der Waals surface area contributed by atoms with Crippen molar-refractivity contribution in [3.63, 3.8) is 0 Å². The minimum Gasteiger partial charge on any atom is -0.380 e. The van der Waals surface area contributed by atoms with Crippen LogP contribution in [0.3, 0.4) is 0 Å². The maximum atomic E-state index is 13.3. The van der Waals surface area contributed by atoms with E-state index in [-0.39, 0.29) is 29.7 Å². The summed E-state index contributed by atoms with van der Waals surface area (Å²) in [6.07, 6.45) is -1.13. The summed E-state index contributed by atoms with van der Waals surface area (Å²) < 4.78 is 22.8. The van der Waals surface area contributed by atoms with E-state index in [0.717, 1.165) is 0 Å². The summed E-state index contributed by atoms with van der Waals surface area (Å²) in [5.41, 5.74) is -1.07. The van der Waals surface area contributed by atoms with Crippen molar-refractivity contribution < 1.29 is 28.5 Å². The fourth-order valence-electron chi connectivity index (χ4n) is 4.70. The number of ketones is 2. The molecule has 4 aliphatic rings. The Morgan fingerprint density at radius 1 is 1.22 bits per heavy atom. The molecule has 4 rings (SSSR count). The number of hydrogen-bond donors (Lipinski definition) is 0. The molecule has 1 spiro atoms. The van der Waals surface area contributed by atoms with Gasteiger partial charge in [0, 0.05) is 33.0 Å². The second-order valence-corrected chi connectivity index (χ2v) is 7.55. The first kappa shape index (κ1) is 16.0. The number of hydrogen-bond acceptors (Lipinski definition) is 6. The standard InChI is InChI=1S/C16H21ClO6/c1-6-4-7(18)12-15(22-12)16(6)14(19)10-8(20-2)5-9(21-3)11(17)13(10)23-16/h6,8-13,15H,4-5H2,1-3H3/t6-,8?,9?,10?,11?,12?,13?,15?,16-/m1/s1.